The van der Waals surface area contributed by atoms with Gasteiger partial charge in [0.05, 0.1) is 5.56 Å². The van der Waals surface area contributed by atoms with E-state index in [1.165, 1.54) is 11.1 Å². The smallest absolute Gasteiger partial charge is 0.229 e. The average Bonchev–Trinajstić information content (AvgIpc) is 2.94. The first-order valence-electron chi connectivity index (χ1n) is 7.26. The van der Waals surface area contributed by atoms with Gasteiger partial charge in [-0.1, -0.05) is 31.3 Å². The maximum absolute atomic E-state index is 5.92. The second kappa shape index (κ2) is 5.82. The number of thiocarbonyl (C=S) groups is 1. The molecule has 3 rings (SSSR count). The van der Waals surface area contributed by atoms with E-state index in [1.807, 2.05) is 18.2 Å². The van der Waals surface area contributed by atoms with Crippen LogP contribution in [0.5, 0.6) is 11.6 Å². The topological polar surface area (TPSA) is 48.1 Å². The second-order valence-electron chi connectivity index (χ2n) is 5.26. The van der Waals surface area contributed by atoms with Gasteiger partial charge in [-0.3, -0.25) is 0 Å². The van der Waals surface area contributed by atoms with Gasteiger partial charge in [0, 0.05) is 5.69 Å². The van der Waals surface area contributed by atoms with Gasteiger partial charge in [-0.25, -0.2) is 4.98 Å². The van der Waals surface area contributed by atoms with Crippen LogP contribution in [0.25, 0.3) is 0 Å². The quantitative estimate of drug-likeness (QED) is 0.877. The first kappa shape index (κ1) is 14.0. The zero-order valence-corrected chi connectivity index (χ0v) is 12.9. The highest BCUT2D eigenvalue weighted by atomic mass is 32.1. The van der Waals surface area contributed by atoms with Gasteiger partial charge in [-0.15, -0.1) is 0 Å². The summed E-state index contributed by atoms with van der Waals surface area (Å²) in [5, 5.41) is 0. The van der Waals surface area contributed by atoms with Crippen LogP contribution in [0, 0.1) is 0 Å². The van der Waals surface area contributed by atoms with Crippen molar-refractivity contribution < 1.29 is 4.74 Å². The van der Waals surface area contributed by atoms with Gasteiger partial charge in [0.25, 0.3) is 0 Å². The lowest BCUT2D eigenvalue weighted by Gasteiger charge is -2.12. The van der Waals surface area contributed by atoms with E-state index < -0.39 is 0 Å². The Morgan fingerprint density at radius 1 is 1.29 bits per heavy atom. The summed E-state index contributed by atoms with van der Waals surface area (Å²) in [6, 6.07) is 10.1. The third-order valence-electron chi connectivity index (χ3n) is 3.83. The number of nitrogens with zero attached hydrogens (tertiary/aromatic N) is 1. The van der Waals surface area contributed by atoms with E-state index in [2.05, 4.69) is 24.0 Å². The number of rotatable bonds is 4. The van der Waals surface area contributed by atoms with Crippen molar-refractivity contribution >= 4 is 17.2 Å². The van der Waals surface area contributed by atoms with Crippen LogP contribution in [0.1, 0.15) is 35.7 Å². The molecule has 2 aromatic rings. The highest BCUT2D eigenvalue weighted by Crippen LogP contribution is 2.29. The Morgan fingerprint density at radius 2 is 2.05 bits per heavy atom. The van der Waals surface area contributed by atoms with Gasteiger partial charge >= 0.3 is 0 Å². The molecule has 1 aromatic heterocycles. The second-order valence-corrected chi connectivity index (χ2v) is 5.70. The molecule has 0 fully saturated rings. The lowest BCUT2D eigenvalue weighted by atomic mass is 10.1. The van der Waals surface area contributed by atoms with Crippen LogP contribution >= 0.6 is 12.2 Å². The van der Waals surface area contributed by atoms with Crippen molar-refractivity contribution in [3.05, 3.63) is 52.7 Å². The summed E-state index contributed by atoms with van der Waals surface area (Å²) in [4.78, 5) is 4.95. The molecule has 0 saturated carbocycles. The molecule has 4 heteroatoms. The third-order valence-corrected chi connectivity index (χ3v) is 4.05. The molecule has 1 aromatic carbocycles. The van der Waals surface area contributed by atoms with Gasteiger partial charge in [0.15, 0.2) is 0 Å². The van der Waals surface area contributed by atoms with Crippen molar-refractivity contribution in [2.24, 2.45) is 5.73 Å². The standard InChI is InChI=1S/C17H18N2OS/c1-2-11-6-8-13(9-7-11)20-17-14(16(18)21)10-12-4-3-5-15(12)19-17/h6-10H,2-5H2,1H3,(H2,18,21). The number of ether oxygens (including phenoxy) is 1. The minimum Gasteiger partial charge on any atom is -0.438 e. The first-order chi connectivity index (χ1) is 10.2. The monoisotopic (exact) mass is 298 g/mol. The number of nitrogens with two attached hydrogens (primary N) is 1. The average molecular weight is 298 g/mol. The van der Waals surface area contributed by atoms with E-state index in [9.17, 15) is 0 Å². The number of aromatic nitrogens is 1. The fourth-order valence-electron chi connectivity index (χ4n) is 2.61. The van der Waals surface area contributed by atoms with Crippen LogP contribution in [-0.2, 0) is 19.3 Å². The van der Waals surface area contributed by atoms with Crippen molar-refractivity contribution in [1.29, 1.82) is 0 Å². The summed E-state index contributed by atoms with van der Waals surface area (Å²) in [6.07, 6.45) is 4.19. The minimum absolute atomic E-state index is 0.331. The summed E-state index contributed by atoms with van der Waals surface area (Å²) in [5.41, 5.74) is 10.2. The molecule has 108 valence electrons. The third kappa shape index (κ3) is 2.90. The van der Waals surface area contributed by atoms with Crippen LogP contribution in [0.15, 0.2) is 30.3 Å². The maximum atomic E-state index is 5.92. The summed E-state index contributed by atoms with van der Waals surface area (Å²) in [7, 11) is 0. The van der Waals surface area contributed by atoms with Gasteiger partial charge in [0.1, 0.15) is 10.7 Å². The minimum atomic E-state index is 0.331. The molecule has 0 atom stereocenters. The number of pyridine rings is 1. The molecule has 0 amide bonds. The van der Waals surface area contributed by atoms with Crippen molar-refractivity contribution in [3.8, 4) is 11.6 Å². The number of hydrogen-bond donors (Lipinski definition) is 1. The molecule has 3 nitrogen and oxygen atoms in total. The summed E-state index contributed by atoms with van der Waals surface area (Å²) in [5.74, 6) is 1.28. The van der Waals surface area contributed by atoms with E-state index >= 15 is 0 Å². The molecule has 1 heterocycles. The molecule has 0 saturated heterocycles. The van der Waals surface area contributed by atoms with E-state index in [0.717, 1.165) is 42.7 Å². The zero-order chi connectivity index (χ0) is 14.8. The molecule has 0 spiro atoms. The van der Waals surface area contributed by atoms with E-state index in [1.54, 1.807) is 0 Å². The van der Waals surface area contributed by atoms with Crippen molar-refractivity contribution in [1.82, 2.24) is 4.98 Å². The van der Waals surface area contributed by atoms with Crippen molar-refractivity contribution in [2.45, 2.75) is 32.6 Å². The fourth-order valence-corrected chi connectivity index (χ4v) is 2.76. The lowest BCUT2D eigenvalue weighted by Crippen LogP contribution is -2.13. The Morgan fingerprint density at radius 3 is 2.71 bits per heavy atom. The van der Waals surface area contributed by atoms with Crippen LogP contribution in [0.4, 0.5) is 0 Å². The Bertz CT molecular complexity index is 680. The summed E-state index contributed by atoms with van der Waals surface area (Å²) >= 11 is 5.13. The maximum Gasteiger partial charge on any atom is 0.229 e. The predicted molar refractivity (Wildman–Crippen MR) is 88.0 cm³/mol. The molecule has 1 aliphatic carbocycles. The SMILES string of the molecule is CCc1ccc(Oc2nc3c(cc2C(N)=S)CCC3)cc1. The number of benzene rings is 1. The number of aryl methyl sites for hydroxylation is 3. The fraction of sp³-hybridized carbons (Fsp3) is 0.294. The Balaban J connectivity index is 1.94. The Kier molecular flexibility index (Phi) is 3.88. The Labute approximate surface area is 130 Å². The normalized spacial score (nSPS) is 13.0. The van der Waals surface area contributed by atoms with Crippen molar-refractivity contribution in [3.63, 3.8) is 0 Å². The molecule has 1 aliphatic rings. The van der Waals surface area contributed by atoms with E-state index in [-0.39, 0.29) is 0 Å². The van der Waals surface area contributed by atoms with E-state index in [4.69, 9.17) is 22.7 Å². The van der Waals surface area contributed by atoms with Gasteiger partial charge in [0.2, 0.25) is 5.88 Å². The Hall–Kier alpha value is -1.94. The highest BCUT2D eigenvalue weighted by molar-refractivity contribution is 7.80. The first-order valence-corrected chi connectivity index (χ1v) is 7.67. The molecular formula is C17H18N2OS. The van der Waals surface area contributed by atoms with Crippen LogP contribution < -0.4 is 10.5 Å². The number of fused-ring (bicyclic) bond motifs is 1. The molecule has 0 aliphatic heterocycles. The molecule has 0 radical (unpaired) electrons. The van der Waals surface area contributed by atoms with Gasteiger partial charge in [-0.2, -0.15) is 0 Å². The molecule has 2 N–H and O–H groups in total. The molecule has 0 unspecified atom stereocenters. The zero-order valence-electron chi connectivity index (χ0n) is 12.1. The van der Waals surface area contributed by atoms with Crippen LogP contribution in [0.2, 0.25) is 0 Å². The summed E-state index contributed by atoms with van der Waals surface area (Å²) in [6.45, 7) is 2.13. The highest BCUT2D eigenvalue weighted by Gasteiger charge is 2.19. The predicted octanol–water partition coefficient (Wildman–Crippen LogP) is 3.56. The lowest BCUT2D eigenvalue weighted by molar-refractivity contribution is 0.460. The van der Waals surface area contributed by atoms with Gasteiger partial charge in [-0.05, 0) is 55.0 Å². The van der Waals surface area contributed by atoms with E-state index in [0.29, 0.717) is 10.9 Å². The number of hydrogen-bond acceptors (Lipinski definition) is 3. The van der Waals surface area contributed by atoms with Gasteiger partial charge < -0.3 is 10.5 Å². The molecule has 0 bridgehead atoms. The summed E-state index contributed by atoms with van der Waals surface area (Å²) < 4.78 is 5.92. The largest absolute Gasteiger partial charge is 0.438 e. The van der Waals surface area contributed by atoms with Crippen LogP contribution in [0.3, 0.4) is 0 Å². The van der Waals surface area contributed by atoms with Crippen LogP contribution in [-0.4, -0.2) is 9.97 Å². The van der Waals surface area contributed by atoms with Crippen molar-refractivity contribution in [2.75, 3.05) is 0 Å². The molecular weight excluding hydrogens is 280 g/mol. The molecule has 21 heavy (non-hydrogen) atoms.